The number of methoxy groups -OCH3 is 1. The van der Waals surface area contributed by atoms with E-state index < -0.39 is 5.97 Å². The zero-order valence-electron chi connectivity index (χ0n) is 11.9. The van der Waals surface area contributed by atoms with Gasteiger partial charge in [-0.25, -0.2) is 4.79 Å². The van der Waals surface area contributed by atoms with Crippen LogP contribution >= 0.6 is 0 Å². The summed E-state index contributed by atoms with van der Waals surface area (Å²) in [4.78, 5) is 20.2. The molecule has 1 unspecified atom stereocenters. The summed E-state index contributed by atoms with van der Waals surface area (Å²) in [5.41, 5.74) is 1.94. The van der Waals surface area contributed by atoms with Crippen molar-refractivity contribution in [3.05, 3.63) is 41.1 Å². The van der Waals surface area contributed by atoms with Crippen molar-refractivity contribution in [2.24, 2.45) is 0 Å². The number of ether oxygens (including phenoxy) is 3. The van der Waals surface area contributed by atoms with Crippen LogP contribution in [0.15, 0.2) is 24.3 Å². The van der Waals surface area contributed by atoms with Gasteiger partial charge < -0.3 is 14.2 Å². The Balaban J connectivity index is 2.00. The van der Waals surface area contributed by atoms with Gasteiger partial charge in [-0.05, 0) is 19.9 Å². The van der Waals surface area contributed by atoms with Gasteiger partial charge in [0.15, 0.2) is 0 Å². The quantitative estimate of drug-likeness (QED) is 0.808. The summed E-state index contributed by atoms with van der Waals surface area (Å²) < 4.78 is 15.9. The number of carbonyl (C=O) groups is 1. The third-order valence-electron chi connectivity index (χ3n) is 3.20. The van der Waals surface area contributed by atoms with Crippen LogP contribution < -0.4 is 9.47 Å². The van der Waals surface area contributed by atoms with E-state index in [1.165, 1.54) is 7.11 Å². The molecule has 3 rings (SSSR count). The van der Waals surface area contributed by atoms with Crippen molar-refractivity contribution in [2.45, 2.75) is 20.0 Å². The summed E-state index contributed by atoms with van der Waals surface area (Å²) in [5, 5.41) is 0. The van der Waals surface area contributed by atoms with Crippen LogP contribution in [0.4, 0.5) is 0 Å². The number of esters is 1. The van der Waals surface area contributed by atoms with Crippen LogP contribution in [0.5, 0.6) is 17.6 Å². The number of nitrogens with zero attached hydrogens (tertiary/aromatic N) is 2. The lowest BCUT2D eigenvalue weighted by Gasteiger charge is -2.08. The number of hydrogen-bond acceptors (Lipinski definition) is 6. The Morgan fingerprint density at radius 1 is 1.29 bits per heavy atom. The van der Waals surface area contributed by atoms with E-state index in [-0.39, 0.29) is 12.1 Å². The molecule has 2 heterocycles. The Kier molecular flexibility index (Phi) is 3.21. The molecule has 0 radical (unpaired) electrons. The van der Waals surface area contributed by atoms with Gasteiger partial charge in [0.25, 0.3) is 0 Å². The van der Waals surface area contributed by atoms with Crippen LogP contribution in [-0.4, -0.2) is 23.0 Å². The van der Waals surface area contributed by atoms with Gasteiger partial charge in [0.2, 0.25) is 5.88 Å². The van der Waals surface area contributed by atoms with Gasteiger partial charge in [-0.2, -0.15) is 9.97 Å². The van der Waals surface area contributed by atoms with Crippen LogP contribution in [0.1, 0.15) is 34.6 Å². The maximum absolute atomic E-state index is 11.9. The summed E-state index contributed by atoms with van der Waals surface area (Å²) in [6.07, 6.45) is -0.274. The van der Waals surface area contributed by atoms with Crippen molar-refractivity contribution in [1.29, 1.82) is 0 Å². The van der Waals surface area contributed by atoms with E-state index in [4.69, 9.17) is 14.2 Å². The number of cyclic esters (lactones) is 1. The summed E-state index contributed by atoms with van der Waals surface area (Å²) in [7, 11) is 1.52. The second kappa shape index (κ2) is 5.05. The SMILES string of the molecule is COc1cc(C)nc(Oc2cccc3c2C(=O)OC3C)n1. The largest absolute Gasteiger partial charge is 0.481 e. The summed E-state index contributed by atoms with van der Waals surface area (Å²) >= 11 is 0. The van der Waals surface area contributed by atoms with E-state index in [2.05, 4.69) is 9.97 Å². The highest BCUT2D eigenvalue weighted by atomic mass is 16.6. The van der Waals surface area contributed by atoms with Crippen LogP contribution in [0.25, 0.3) is 0 Å². The number of hydrogen-bond donors (Lipinski definition) is 0. The first-order chi connectivity index (χ1) is 10.1. The van der Waals surface area contributed by atoms with E-state index in [0.717, 1.165) is 5.56 Å². The Morgan fingerprint density at radius 2 is 2.10 bits per heavy atom. The van der Waals surface area contributed by atoms with Crippen molar-refractivity contribution >= 4 is 5.97 Å². The maximum Gasteiger partial charge on any atom is 0.342 e. The predicted octanol–water partition coefficient (Wildman–Crippen LogP) is 2.82. The van der Waals surface area contributed by atoms with Crippen LogP contribution in [0.2, 0.25) is 0 Å². The lowest BCUT2D eigenvalue weighted by atomic mass is 10.1. The fourth-order valence-corrected chi connectivity index (χ4v) is 2.24. The minimum absolute atomic E-state index is 0.132. The molecule has 0 fully saturated rings. The molecule has 6 heteroatoms. The maximum atomic E-state index is 11.9. The Bertz CT molecular complexity index is 715. The first kappa shape index (κ1) is 13.4. The van der Waals surface area contributed by atoms with Gasteiger partial charge >= 0.3 is 12.0 Å². The van der Waals surface area contributed by atoms with E-state index in [1.54, 1.807) is 18.2 Å². The standard InChI is InChI=1S/C15H14N2O4/c1-8-7-12(19-3)17-15(16-8)21-11-6-4-5-10-9(2)20-14(18)13(10)11/h4-7,9H,1-3H3. The molecule has 1 aromatic carbocycles. The number of carbonyl (C=O) groups excluding carboxylic acids is 1. The van der Waals surface area contributed by atoms with Gasteiger partial charge in [0.1, 0.15) is 17.4 Å². The first-order valence-electron chi connectivity index (χ1n) is 6.50. The average molecular weight is 286 g/mol. The van der Waals surface area contributed by atoms with Gasteiger partial charge in [-0.1, -0.05) is 12.1 Å². The lowest BCUT2D eigenvalue weighted by Crippen LogP contribution is -2.01. The molecule has 0 saturated carbocycles. The zero-order chi connectivity index (χ0) is 15.0. The molecule has 6 nitrogen and oxygen atoms in total. The fraction of sp³-hybridized carbons (Fsp3) is 0.267. The van der Waals surface area contributed by atoms with Crippen molar-refractivity contribution < 1.29 is 19.0 Å². The molecule has 0 spiro atoms. The smallest absolute Gasteiger partial charge is 0.342 e. The van der Waals surface area contributed by atoms with Crippen LogP contribution in [0.3, 0.4) is 0 Å². The van der Waals surface area contributed by atoms with E-state index >= 15 is 0 Å². The topological polar surface area (TPSA) is 70.5 Å². The summed E-state index contributed by atoms with van der Waals surface area (Å²) in [5.74, 6) is 0.392. The molecule has 0 amide bonds. The minimum atomic E-state index is -0.396. The number of aromatic nitrogens is 2. The van der Waals surface area contributed by atoms with Gasteiger partial charge in [0, 0.05) is 17.3 Å². The highest BCUT2D eigenvalue weighted by molar-refractivity contribution is 5.97. The lowest BCUT2D eigenvalue weighted by molar-refractivity contribution is 0.0420. The average Bonchev–Trinajstić information content (AvgIpc) is 2.74. The molecule has 1 aliphatic rings. The molecule has 0 N–H and O–H groups in total. The van der Waals surface area contributed by atoms with Crippen molar-refractivity contribution in [2.75, 3.05) is 7.11 Å². The molecular weight excluding hydrogens is 272 g/mol. The second-order valence-electron chi connectivity index (χ2n) is 4.70. The molecule has 2 aromatic rings. The first-order valence-corrected chi connectivity index (χ1v) is 6.50. The van der Waals surface area contributed by atoms with Crippen molar-refractivity contribution in [3.63, 3.8) is 0 Å². The summed E-state index contributed by atoms with van der Waals surface area (Å²) in [6, 6.07) is 7.16. The van der Waals surface area contributed by atoms with Gasteiger partial charge in [0.05, 0.1) is 7.11 Å². The van der Waals surface area contributed by atoms with Crippen molar-refractivity contribution in [1.82, 2.24) is 9.97 Å². The van der Waals surface area contributed by atoms with E-state index in [1.807, 2.05) is 19.9 Å². The highest BCUT2D eigenvalue weighted by Gasteiger charge is 2.31. The molecule has 0 bridgehead atoms. The van der Waals surface area contributed by atoms with Crippen molar-refractivity contribution in [3.8, 4) is 17.6 Å². The number of benzene rings is 1. The normalized spacial score (nSPS) is 16.3. The fourth-order valence-electron chi connectivity index (χ4n) is 2.24. The second-order valence-corrected chi connectivity index (χ2v) is 4.70. The molecule has 1 aliphatic heterocycles. The third kappa shape index (κ3) is 2.40. The molecule has 21 heavy (non-hydrogen) atoms. The number of fused-ring (bicyclic) bond motifs is 1. The van der Waals surface area contributed by atoms with Crippen LogP contribution in [0, 0.1) is 6.92 Å². The third-order valence-corrected chi connectivity index (χ3v) is 3.20. The Morgan fingerprint density at radius 3 is 2.86 bits per heavy atom. The Hall–Kier alpha value is -2.63. The number of aryl methyl sites for hydroxylation is 1. The van der Waals surface area contributed by atoms with Gasteiger partial charge in [-0.15, -0.1) is 0 Å². The number of rotatable bonds is 3. The molecule has 108 valence electrons. The zero-order valence-corrected chi connectivity index (χ0v) is 11.9. The van der Waals surface area contributed by atoms with Crippen LogP contribution in [-0.2, 0) is 4.74 Å². The monoisotopic (exact) mass is 286 g/mol. The Labute approximate surface area is 121 Å². The molecule has 1 aromatic heterocycles. The summed E-state index contributed by atoms with van der Waals surface area (Å²) in [6.45, 7) is 3.63. The molecule has 0 saturated heterocycles. The molecule has 1 atom stereocenters. The van der Waals surface area contributed by atoms with Gasteiger partial charge in [-0.3, -0.25) is 0 Å². The molecule has 0 aliphatic carbocycles. The predicted molar refractivity (Wildman–Crippen MR) is 73.7 cm³/mol. The van der Waals surface area contributed by atoms with E-state index in [0.29, 0.717) is 22.9 Å². The highest BCUT2D eigenvalue weighted by Crippen LogP contribution is 2.37. The van der Waals surface area contributed by atoms with E-state index in [9.17, 15) is 4.79 Å². The molecular formula is C15H14N2O4. The minimum Gasteiger partial charge on any atom is -0.481 e.